The molecule has 23 heavy (non-hydrogen) atoms. The third kappa shape index (κ3) is 5.68. The molecule has 2 aromatic carbocycles. The summed E-state index contributed by atoms with van der Waals surface area (Å²) < 4.78 is 5.10. The molecule has 5 heteroatoms. The van der Waals surface area contributed by atoms with Gasteiger partial charge in [0.2, 0.25) is 5.91 Å². The second kappa shape index (κ2) is 8.86. The van der Waals surface area contributed by atoms with Crippen LogP contribution in [0.25, 0.3) is 0 Å². The third-order valence-electron chi connectivity index (χ3n) is 3.23. The number of carbonyl (C=O) groups is 1. The smallest absolute Gasteiger partial charge is 0.230 e. The van der Waals surface area contributed by atoms with Crippen LogP contribution in [0.15, 0.2) is 48.5 Å². The van der Waals surface area contributed by atoms with Gasteiger partial charge >= 0.3 is 0 Å². The number of amides is 1. The zero-order chi connectivity index (χ0) is 16.5. The van der Waals surface area contributed by atoms with E-state index in [2.05, 4.69) is 11.4 Å². The highest BCUT2D eigenvalue weighted by atomic mass is 32.2. The first-order valence-electron chi connectivity index (χ1n) is 7.17. The number of nitrogens with zero attached hydrogens (tertiary/aromatic N) is 1. The summed E-state index contributed by atoms with van der Waals surface area (Å²) in [4.78, 5) is 11.8. The molecule has 118 valence electrons. The summed E-state index contributed by atoms with van der Waals surface area (Å²) in [6.45, 7) is 0.514. The summed E-state index contributed by atoms with van der Waals surface area (Å²) >= 11 is 1.55. The normalized spacial score (nSPS) is 9.91. The number of hydrogen-bond donors (Lipinski definition) is 1. The molecule has 0 aliphatic rings. The van der Waals surface area contributed by atoms with Crippen molar-refractivity contribution in [3.63, 3.8) is 0 Å². The maximum absolute atomic E-state index is 11.8. The van der Waals surface area contributed by atoms with Gasteiger partial charge in [-0.1, -0.05) is 24.3 Å². The van der Waals surface area contributed by atoms with Crippen LogP contribution in [0, 0.1) is 11.3 Å². The van der Waals surface area contributed by atoms with Crippen LogP contribution in [0.4, 0.5) is 0 Å². The zero-order valence-electron chi connectivity index (χ0n) is 12.9. The van der Waals surface area contributed by atoms with E-state index in [1.54, 1.807) is 31.0 Å². The second-order valence-corrected chi connectivity index (χ2v) is 5.91. The lowest BCUT2D eigenvalue weighted by molar-refractivity contribution is -0.118. The Morgan fingerprint density at radius 3 is 2.39 bits per heavy atom. The van der Waals surface area contributed by atoms with Gasteiger partial charge in [-0.3, -0.25) is 4.79 Å². The molecule has 0 atom stereocenters. The average molecular weight is 326 g/mol. The summed E-state index contributed by atoms with van der Waals surface area (Å²) in [6, 6.07) is 17.1. The fourth-order valence-electron chi connectivity index (χ4n) is 1.93. The minimum atomic E-state index is 0.0134. The zero-order valence-corrected chi connectivity index (χ0v) is 13.7. The van der Waals surface area contributed by atoms with E-state index in [1.165, 1.54) is 0 Å². The van der Waals surface area contributed by atoms with Crippen LogP contribution in [0.2, 0.25) is 0 Å². The number of rotatable bonds is 7. The molecule has 0 spiro atoms. The van der Waals surface area contributed by atoms with Crippen molar-refractivity contribution in [1.29, 1.82) is 5.26 Å². The molecule has 0 bridgehead atoms. The predicted octanol–water partition coefficient (Wildman–Crippen LogP) is 3.12. The Balaban J connectivity index is 1.69. The van der Waals surface area contributed by atoms with Crippen LogP contribution in [-0.2, 0) is 17.1 Å². The molecule has 0 radical (unpaired) electrons. The molecule has 0 aliphatic heterocycles. The minimum absolute atomic E-state index is 0.0134. The van der Waals surface area contributed by atoms with E-state index in [1.807, 2.05) is 36.4 Å². The summed E-state index contributed by atoms with van der Waals surface area (Å²) in [5.74, 6) is 1.98. The van der Waals surface area contributed by atoms with Gasteiger partial charge in [0.15, 0.2) is 0 Å². The lowest BCUT2D eigenvalue weighted by atomic mass is 10.2. The Morgan fingerprint density at radius 2 is 1.78 bits per heavy atom. The number of ether oxygens (including phenoxy) is 1. The first kappa shape index (κ1) is 16.9. The lowest BCUT2D eigenvalue weighted by Crippen LogP contribution is -2.24. The maximum atomic E-state index is 11.8. The van der Waals surface area contributed by atoms with E-state index in [-0.39, 0.29) is 5.91 Å². The van der Waals surface area contributed by atoms with Crippen molar-refractivity contribution in [2.45, 2.75) is 12.3 Å². The number of benzene rings is 2. The first-order chi connectivity index (χ1) is 11.2. The van der Waals surface area contributed by atoms with Crippen LogP contribution in [0.3, 0.4) is 0 Å². The van der Waals surface area contributed by atoms with E-state index in [4.69, 9.17) is 10.00 Å². The highest BCUT2D eigenvalue weighted by molar-refractivity contribution is 7.99. The van der Waals surface area contributed by atoms with E-state index >= 15 is 0 Å². The van der Waals surface area contributed by atoms with Gasteiger partial charge in [-0.25, -0.2) is 0 Å². The Bertz CT molecular complexity index is 676. The SMILES string of the molecule is COc1ccc(CNC(=O)CSCc2ccc(C#N)cc2)cc1. The number of methoxy groups -OCH3 is 1. The van der Waals surface area contributed by atoms with Crippen molar-refractivity contribution in [2.24, 2.45) is 0 Å². The van der Waals surface area contributed by atoms with Crippen LogP contribution < -0.4 is 10.1 Å². The molecular weight excluding hydrogens is 308 g/mol. The molecule has 0 aromatic heterocycles. The molecule has 0 saturated carbocycles. The lowest BCUT2D eigenvalue weighted by Gasteiger charge is -2.06. The van der Waals surface area contributed by atoms with Gasteiger partial charge in [0, 0.05) is 12.3 Å². The van der Waals surface area contributed by atoms with Crippen LogP contribution >= 0.6 is 11.8 Å². The monoisotopic (exact) mass is 326 g/mol. The summed E-state index contributed by atoms with van der Waals surface area (Å²) in [6.07, 6.45) is 0. The molecular formula is C18H18N2O2S. The van der Waals surface area contributed by atoms with Crippen molar-refractivity contribution in [3.8, 4) is 11.8 Å². The predicted molar refractivity (Wildman–Crippen MR) is 92.2 cm³/mol. The molecule has 0 fully saturated rings. The van der Waals surface area contributed by atoms with Crippen molar-refractivity contribution in [2.75, 3.05) is 12.9 Å². The fraction of sp³-hybridized carbons (Fsp3) is 0.222. The van der Waals surface area contributed by atoms with Gasteiger partial charge in [0.05, 0.1) is 24.5 Å². The number of thioether (sulfide) groups is 1. The average Bonchev–Trinajstić information content (AvgIpc) is 2.61. The number of hydrogen-bond acceptors (Lipinski definition) is 4. The Hall–Kier alpha value is -2.45. The number of carbonyl (C=O) groups excluding carboxylic acids is 1. The van der Waals surface area contributed by atoms with E-state index in [0.717, 1.165) is 22.6 Å². The largest absolute Gasteiger partial charge is 0.497 e. The molecule has 0 heterocycles. The van der Waals surface area contributed by atoms with Gasteiger partial charge in [-0.2, -0.15) is 5.26 Å². The maximum Gasteiger partial charge on any atom is 0.230 e. The van der Waals surface area contributed by atoms with Gasteiger partial charge in [-0.05, 0) is 35.4 Å². The molecule has 2 aromatic rings. The Kier molecular flexibility index (Phi) is 6.52. The van der Waals surface area contributed by atoms with E-state index < -0.39 is 0 Å². The Morgan fingerprint density at radius 1 is 1.13 bits per heavy atom. The number of nitriles is 1. The summed E-state index contributed by atoms with van der Waals surface area (Å²) in [5.41, 5.74) is 2.80. The molecule has 0 saturated heterocycles. The van der Waals surface area contributed by atoms with Gasteiger partial charge in [0.1, 0.15) is 5.75 Å². The number of nitrogens with one attached hydrogen (secondary N) is 1. The first-order valence-corrected chi connectivity index (χ1v) is 8.33. The van der Waals surface area contributed by atoms with Crippen molar-refractivity contribution in [3.05, 3.63) is 65.2 Å². The van der Waals surface area contributed by atoms with E-state index in [0.29, 0.717) is 17.9 Å². The van der Waals surface area contributed by atoms with E-state index in [9.17, 15) is 4.79 Å². The second-order valence-electron chi connectivity index (χ2n) is 4.93. The highest BCUT2D eigenvalue weighted by Gasteiger charge is 2.03. The molecule has 0 unspecified atom stereocenters. The topological polar surface area (TPSA) is 62.1 Å². The van der Waals surface area contributed by atoms with Crippen molar-refractivity contribution < 1.29 is 9.53 Å². The highest BCUT2D eigenvalue weighted by Crippen LogP contribution is 2.13. The minimum Gasteiger partial charge on any atom is -0.497 e. The van der Waals surface area contributed by atoms with Gasteiger partial charge in [-0.15, -0.1) is 11.8 Å². The van der Waals surface area contributed by atoms with Crippen molar-refractivity contribution >= 4 is 17.7 Å². The molecule has 4 nitrogen and oxygen atoms in total. The molecule has 1 N–H and O–H groups in total. The van der Waals surface area contributed by atoms with Gasteiger partial charge in [0.25, 0.3) is 0 Å². The Labute approximate surface area is 140 Å². The standard InChI is InChI=1S/C18H18N2O2S/c1-22-17-8-6-15(7-9-17)11-20-18(21)13-23-12-16-4-2-14(10-19)3-5-16/h2-9H,11-13H2,1H3,(H,20,21). The summed E-state index contributed by atoms with van der Waals surface area (Å²) in [5, 5.41) is 11.6. The third-order valence-corrected chi connectivity index (χ3v) is 4.24. The molecule has 1 amide bonds. The van der Waals surface area contributed by atoms with Crippen LogP contribution in [0.5, 0.6) is 5.75 Å². The molecule has 2 rings (SSSR count). The van der Waals surface area contributed by atoms with Crippen LogP contribution in [-0.4, -0.2) is 18.8 Å². The van der Waals surface area contributed by atoms with Gasteiger partial charge < -0.3 is 10.1 Å². The fourth-order valence-corrected chi connectivity index (χ4v) is 2.75. The summed E-state index contributed by atoms with van der Waals surface area (Å²) in [7, 11) is 1.63. The van der Waals surface area contributed by atoms with Crippen molar-refractivity contribution in [1.82, 2.24) is 5.32 Å². The quantitative estimate of drug-likeness (QED) is 0.849. The van der Waals surface area contributed by atoms with Crippen LogP contribution in [0.1, 0.15) is 16.7 Å². The molecule has 0 aliphatic carbocycles.